The minimum absolute atomic E-state index is 0.00838. The molecule has 0 bridgehead atoms. The van der Waals surface area contributed by atoms with Crippen LogP contribution in [0.1, 0.15) is 19.4 Å². The molecule has 3 N–H and O–H groups in total. The van der Waals surface area contributed by atoms with Crippen LogP contribution in [0.3, 0.4) is 0 Å². The van der Waals surface area contributed by atoms with Gasteiger partial charge in [0.25, 0.3) is 0 Å². The summed E-state index contributed by atoms with van der Waals surface area (Å²) in [6.07, 6.45) is 1.59. The third-order valence-electron chi connectivity index (χ3n) is 1.49. The molecule has 0 fully saturated rings. The zero-order chi connectivity index (χ0) is 9.84. The van der Waals surface area contributed by atoms with Gasteiger partial charge in [-0.05, 0) is 13.8 Å². The molecule has 0 saturated heterocycles. The van der Waals surface area contributed by atoms with Gasteiger partial charge in [0.05, 0.1) is 6.42 Å². The van der Waals surface area contributed by atoms with Crippen molar-refractivity contribution in [1.82, 2.24) is 10.2 Å². The number of carboxylic acids is 1. The monoisotopic (exact) mass is 183 g/mol. The van der Waals surface area contributed by atoms with Gasteiger partial charge in [0, 0.05) is 17.8 Å². The molecule has 0 aliphatic heterocycles. The third-order valence-corrected chi connectivity index (χ3v) is 1.49. The maximum absolute atomic E-state index is 10.4. The summed E-state index contributed by atoms with van der Waals surface area (Å²) in [7, 11) is 0. The molecule has 0 radical (unpaired) electrons. The van der Waals surface area contributed by atoms with Gasteiger partial charge in [0.2, 0.25) is 0 Å². The van der Waals surface area contributed by atoms with Crippen LogP contribution >= 0.6 is 0 Å². The Balaban J connectivity index is 2.71. The Morgan fingerprint density at radius 2 is 2.46 bits per heavy atom. The number of aromatic nitrogens is 2. The molecule has 0 unspecified atom stereocenters. The molecule has 0 aromatic carbocycles. The minimum atomic E-state index is -0.854. The highest BCUT2D eigenvalue weighted by Gasteiger charge is 2.09. The van der Waals surface area contributed by atoms with Crippen molar-refractivity contribution >= 4 is 11.8 Å². The SMILES string of the molecule is CC(C)Nc1n[nH]cc1CC(=O)O. The molecule has 0 aliphatic rings. The lowest BCUT2D eigenvalue weighted by Crippen LogP contribution is -2.12. The molecule has 5 heteroatoms. The number of nitrogens with zero attached hydrogens (tertiary/aromatic N) is 1. The summed E-state index contributed by atoms with van der Waals surface area (Å²) in [5.74, 6) is -0.231. The summed E-state index contributed by atoms with van der Waals surface area (Å²) in [4.78, 5) is 10.4. The molecule has 0 atom stereocenters. The second kappa shape index (κ2) is 3.93. The van der Waals surface area contributed by atoms with Gasteiger partial charge >= 0.3 is 5.97 Å². The van der Waals surface area contributed by atoms with E-state index < -0.39 is 5.97 Å². The van der Waals surface area contributed by atoms with E-state index in [4.69, 9.17) is 5.11 Å². The van der Waals surface area contributed by atoms with Crippen molar-refractivity contribution in [2.75, 3.05) is 5.32 Å². The number of rotatable bonds is 4. The van der Waals surface area contributed by atoms with Gasteiger partial charge in [-0.3, -0.25) is 9.89 Å². The molecule has 13 heavy (non-hydrogen) atoms. The fourth-order valence-corrected chi connectivity index (χ4v) is 1.01. The highest BCUT2D eigenvalue weighted by atomic mass is 16.4. The average Bonchev–Trinajstić information content (AvgIpc) is 2.34. The van der Waals surface area contributed by atoms with E-state index in [1.54, 1.807) is 6.20 Å². The van der Waals surface area contributed by atoms with E-state index in [0.717, 1.165) is 0 Å². The number of nitrogens with one attached hydrogen (secondary N) is 2. The summed E-state index contributed by atoms with van der Waals surface area (Å²) >= 11 is 0. The van der Waals surface area contributed by atoms with Crippen molar-refractivity contribution in [2.24, 2.45) is 0 Å². The second-order valence-corrected chi connectivity index (χ2v) is 3.13. The van der Waals surface area contributed by atoms with Gasteiger partial charge in [0.1, 0.15) is 0 Å². The van der Waals surface area contributed by atoms with E-state index in [1.807, 2.05) is 13.8 Å². The molecular weight excluding hydrogens is 170 g/mol. The zero-order valence-electron chi connectivity index (χ0n) is 7.66. The van der Waals surface area contributed by atoms with Crippen LogP contribution in [0.2, 0.25) is 0 Å². The molecule has 1 heterocycles. The maximum Gasteiger partial charge on any atom is 0.308 e. The van der Waals surface area contributed by atoms with Crippen molar-refractivity contribution in [1.29, 1.82) is 0 Å². The van der Waals surface area contributed by atoms with Crippen molar-refractivity contribution in [2.45, 2.75) is 26.3 Å². The van der Waals surface area contributed by atoms with Crippen LogP contribution in [-0.4, -0.2) is 27.3 Å². The second-order valence-electron chi connectivity index (χ2n) is 3.13. The summed E-state index contributed by atoms with van der Waals surface area (Å²) in [5.41, 5.74) is 0.682. The lowest BCUT2D eigenvalue weighted by Gasteiger charge is -2.07. The Morgan fingerprint density at radius 3 is 3.00 bits per heavy atom. The maximum atomic E-state index is 10.4. The zero-order valence-corrected chi connectivity index (χ0v) is 7.66. The molecule has 1 aromatic heterocycles. The van der Waals surface area contributed by atoms with Crippen molar-refractivity contribution in [3.8, 4) is 0 Å². The van der Waals surface area contributed by atoms with E-state index in [-0.39, 0.29) is 12.5 Å². The van der Waals surface area contributed by atoms with Crippen molar-refractivity contribution in [3.63, 3.8) is 0 Å². The van der Waals surface area contributed by atoms with Crippen LogP contribution in [0.4, 0.5) is 5.82 Å². The van der Waals surface area contributed by atoms with E-state index in [1.165, 1.54) is 0 Å². The number of carboxylic acid groups (broad SMARTS) is 1. The van der Waals surface area contributed by atoms with Gasteiger partial charge in [-0.1, -0.05) is 0 Å². The molecule has 1 rings (SSSR count). The van der Waals surface area contributed by atoms with E-state index in [0.29, 0.717) is 11.4 Å². The van der Waals surface area contributed by atoms with Gasteiger partial charge in [-0.25, -0.2) is 0 Å². The smallest absolute Gasteiger partial charge is 0.308 e. The molecule has 0 spiro atoms. The number of hydrogen-bond acceptors (Lipinski definition) is 3. The Labute approximate surface area is 76.2 Å². The van der Waals surface area contributed by atoms with Gasteiger partial charge in [0.15, 0.2) is 5.82 Å². The van der Waals surface area contributed by atoms with Crippen LogP contribution in [-0.2, 0) is 11.2 Å². The molecule has 0 aliphatic carbocycles. The number of hydrogen-bond donors (Lipinski definition) is 3. The Bertz CT molecular complexity index is 293. The lowest BCUT2D eigenvalue weighted by molar-refractivity contribution is -0.136. The van der Waals surface area contributed by atoms with Gasteiger partial charge in [-0.15, -0.1) is 0 Å². The van der Waals surface area contributed by atoms with E-state index in [9.17, 15) is 4.79 Å². The fraction of sp³-hybridized carbons (Fsp3) is 0.500. The third kappa shape index (κ3) is 2.77. The summed E-state index contributed by atoms with van der Waals surface area (Å²) < 4.78 is 0. The van der Waals surface area contributed by atoms with Crippen LogP contribution in [0, 0.1) is 0 Å². The first-order valence-corrected chi connectivity index (χ1v) is 4.10. The lowest BCUT2D eigenvalue weighted by atomic mass is 10.2. The first-order chi connectivity index (χ1) is 6.09. The highest BCUT2D eigenvalue weighted by Crippen LogP contribution is 2.12. The molecule has 0 amide bonds. The van der Waals surface area contributed by atoms with E-state index >= 15 is 0 Å². The first-order valence-electron chi connectivity index (χ1n) is 4.10. The predicted molar refractivity (Wildman–Crippen MR) is 48.7 cm³/mol. The first kappa shape index (κ1) is 9.57. The van der Waals surface area contributed by atoms with E-state index in [2.05, 4.69) is 15.5 Å². The van der Waals surface area contributed by atoms with Crippen LogP contribution in [0.5, 0.6) is 0 Å². The Morgan fingerprint density at radius 1 is 1.77 bits per heavy atom. The van der Waals surface area contributed by atoms with Crippen LogP contribution in [0.25, 0.3) is 0 Å². The minimum Gasteiger partial charge on any atom is -0.481 e. The van der Waals surface area contributed by atoms with Crippen LogP contribution < -0.4 is 5.32 Å². The summed E-state index contributed by atoms with van der Waals surface area (Å²) in [5, 5.41) is 18.2. The Kier molecular flexibility index (Phi) is 2.89. The predicted octanol–water partition coefficient (Wildman–Crippen LogP) is 0.857. The molecule has 72 valence electrons. The van der Waals surface area contributed by atoms with Crippen LogP contribution in [0.15, 0.2) is 6.20 Å². The molecule has 0 saturated carbocycles. The summed E-state index contributed by atoms with van der Waals surface area (Å²) in [6.45, 7) is 3.94. The largest absolute Gasteiger partial charge is 0.481 e. The summed E-state index contributed by atoms with van der Waals surface area (Å²) in [6, 6.07) is 0.246. The molecule has 1 aromatic rings. The fourth-order valence-electron chi connectivity index (χ4n) is 1.01. The molecular formula is C8H13N3O2. The highest BCUT2D eigenvalue weighted by molar-refractivity contribution is 5.72. The number of aromatic amines is 1. The standard InChI is InChI=1S/C8H13N3O2/c1-5(2)10-8-6(3-7(12)13)4-9-11-8/h4-5H,3H2,1-2H3,(H,12,13)(H2,9,10,11). The Hall–Kier alpha value is -1.52. The molecule has 5 nitrogen and oxygen atoms in total. The number of aliphatic carboxylic acids is 1. The number of H-pyrrole nitrogens is 1. The quantitative estimate of drug-likeness (QED) is 0.646. The van der Waals surface area contributed by atoms with Crippen molar-refractivity contribution in [3.05, 3.63) is 11.8 Å². The van der Waals surface area contributed by atoms with Gasteiger partial charge in [-0.2, -0.15) is 5.10 Å². The van der Waals surface area contributed by atoms with Gasteiger partial charge < -0.3 is 10.4 Å². The normalized spacial score (nSPS) is 10.4. The number of anilines is 1. The number of carbonyl (C=O) groups is 1. The average molecular weight is 183 g/mol. The topological polar surface area (TPSA) is 78.0 Å². The van der Waals surface area contributed by atoms with Crippen molar-refractivity contribution < 1.29 is 9.90 Å².